The maximum Gasteiger partial charge on any atom is 0.225 e. The van der Waals surface area contributed by atoms with E-state index in [1.165, 1.54) is 0 Å². The number of nitrogens with zero attached hydrogens (tertiary/aromatic N) is 6. The molecule has 1 fully saturated rings. The molecule has 0 spiro atoms. The van der Waals surface area contributed by atoms with E-state index in [0.29, 0.717) is 12.5 Å². The fourth-order valence-electron chi connectivity index (χ4n) is 2.83. The van der Waals surface area contributed by atoms with E-state index in [9.17, 15) is 0 Å². The zero-order valence-electron chi connectivity index (χ0n) is 14.6. The highest BCUT2D eigenvalue weighted by Gasteiger charge is 2.19. The molecule has 3 heterocycles. The van der Waals surface area contributed by atoms with Crippen molar-refractivity contribution in [1.82, 2.24) is 20.0 Å². The monoisotopic (exact) mass is 457 g/mol. The van der Waals surface area contributed by atoms with Crippen LogP contribution in [0, 0.1) is 13.8 Å². The van der Waals surface area contributed by atoms with Gasteiger partial charge in [0.05, 0.1) is 5.69 Å². The second-order valence-corrected chi connectivity index (χ2v) is 5.82. The molecule has 3 rings (SSSR count). The summed E-state index contributed by atoms with van der Waals surface area (Å²) < 4.78 is 5.17. The van der Waals surface area contributed by atoms with Crippen LogP contribution in [0.4, 0.5) is 5.95 Å². The predicted octanol–water partition coefficient (Wildman–Crippen LogP) is 1.38. The lowest BCUT2D eigenvalue weighted by Gasteiger charge is -2.35. The van der Waals surface area contributed by atoms with Gasteiger partial charge in [-0.2, -0.15) is 0 Å². The van der Waals surface area contributed by atoms with Crippen LogP contribution in [0.2, 0.25) is 0 Å². The molecule has 9 heteroatoms. The van der Waals surface area contributed by atoms with E-state index >= 15 is 0 Å². The molecule has 0 atom stereocenters. The Hall–Kier alpha value is -1.91. The molecule has 0 unspecified atom stereocenters. The minimum Gasteiger partial charge on any atom is -0.370 e. The Morgan fingerprint density at radius 2 is 1.88 bits per heavy atom. The first-order chi connectivity index (χ1) is 11.6. The van der Waals surface area contributed by atoms with Crippen molar-refractivity contribution in [1.29, 1.82) is 0 Å². The molecule has 2 aromatic heterocycles. The highest BCUT2D eigenvalue weighted by Crippen LogP contribution is 2.13. The number of halogens is 1. The minimum atomic E-state index is 0. The smallest absolute Gasteiger partial charge is 0.225 e. The van der Waals surface area contributed by atoms with Crippen molar-refractivity contribution >= 4 is 35.9 Å². The van der Waals surface area contributed by atoms with Crippen LogP contribution in [0.5, 0.6) is 0 Å². The van der Waals surface area contributed by atoms with Crippen molar-refractivity contribution in [2.45, 2.75) is 20.3 Å². The van der Waals surface area contributed by atoms with Gasteiger partial charge in [0.25, 0.3) is 0 Å². The molecule has 0 saturated carbocycles. The van der Waals surface area contributed by atoms with Gasteiger partial charge < -0.3 is 20.1 Å². The summed E-state index contributed by atoms with van der Waals surface area (Å²) in [6.45, 7) is 7.82. The van der Waals surface area contributed by atoms with Gasteiger partial charge in [-0.1, -0.05) is 5.16 Å². The van der Waals surface area contributed by atoms with Crippen molar-refractivity contribution in [2.24, 2.45) is 10.7 Å². The van der Waals surface area contributed by atoms with E-state index in [2.05, 4.69) is 29.9 Å². The number of guanidine groups is 1. The number of aromatic nitrogens is 3. The normalized spacial score (nSPS) is 15.2. The first-order valence-electron chi connectivity index (χ1n) is 8.13. The molecular formula is C16H24IN7O. The number of rotatable bonds is 4. The molecule has 0 bridgehead atoms. The molecule has 1 aliphatic heterocycles. The lowest BCUT2D eigenvalue weighted by molar-refractivity contribution is 0.378. The summed E-state index contributed by atoms with van der Waals surface area (Å²) in [6, 6.07) is 1.82. The van der Waals surface area contributed by atoms with Crippen LogP contribution in [-0.4, -0.2) is 58.7 Å². The average Bonchev–Trinajstić information content (AvgIpc) is 2.94. The maximum atomic E-state index is 6.14. The van der Waals surface area contributed by atoms with Gasteiger partial charge in [-0.05, 0) is 26.3 Å². The number of nitrogens with two attached hydrogens (primary N) is 1. The molecule has 2 N–H and O–H groups in total. The fraction of sp³-hybridized carbons (Fsp3) is 0.500. The molecule has 0 aromatic carbocycles. The molecule has 2 aromatic rings. The van der Waals surface area contributed by atoms with Gasteiger partial charge in [-0.25, -0.2) is 9.97 Å². The first kappa shape index (κ1) is 19.4. The number of piperazine rings is 1. The summed E-state index contributed by atoms with van der Waals surface area (Å²) in [5.74, 6) is 2.22. The zero-order valence-corrected chi connectivity index (χ0v) is 16.9. The minimum absolute atomic E-state index is 0. The fourth-order valence-corrected chi connectivity index (χ4v) is 2.83. The van der Waals surface area contributed by atoms with Gasteiger partial charge in [0.1, 0.15) is 5.76 Å². The molecule has 25 heavy (non-hydrogen) atoms. The number of aliphatic imine (C=N–C) groups is 1. The number of anilines is 1. The average molecular weight is 457 g/mol. The Kier molecular flexibility index (Phi) is 6.97. The summed E-state index contributed by atoms with van der Waals surface area (Å²) in [5, 5.41) is 3.96. The van der Waals surface area contributed by atoms with Crippen molar-refractivity contribution in [2.75, 3.05) is 37.6 Å². The Morgan fingerprint density at radius 1 is 1.20 bits per heavy atom. The van der Waals surface area contributed by atoms with Crippen molar-refractivity contribution in [3.63, 3.8) is 0 Å². The third-order valence-electron chi connectivity index (χ3n) is 4.26. The Balaban J connectivity index is 0.00000225. The van der Waals surface area contributed by atoms with Gasteiger partial charge in [0.2, 0.25) is 5.95 Å². The lowest BCUT2D eigenvalue weighted by atomic mass is 10.1. The summed E-state index contributed by atoms with van der Waals surface area (Å²) in [4.78, 5) is 17.3. The first-order valence-corrected chi connectivity index (χ1v) is 8.13. The van der Waals surface area contributed by atoms with Crippen molar-refractivity contribution < 1.29 is 4.52 Å². The number of hydrogen-bond acceptors (Lipinski definition) is 6. The Labute approximate surface area is 164 Å². The van der Waals surface area contributed by atoms with Crippen LogP contribution in [0.3, 0.4) is 0 Å². The van der Waals surface area contributed by atoms with Gasteiger partial charge in [0, 0.05) is 50.7 Å². The molecule has 0 radical (unpaired) electrons. The third kappa shape index (κ3) is 4.80. The van der Waals surface area contributed by atoms with E-state index in [4.69, 9.17) is 10.3 Å². The van der Waals surface area contributed by atoms with Crippen LogP contribution in [0.15, 0.2) is 28.0 Å². The van der Waals surface area contributed by atoms with Crippen LogP contribution in [0.25, 0.3) is 0 Å². The number of hydrogen-bond donors (Lipinski definition) is 1. The second-order valence-electron chi connectivity index (χ2n) is 5.82. The maximum absolute atomic E-state index is 6.14. The van der Waals surface area contributed by atoms with Gasteiger partial charge in [0.15, 0.2) is 5.96 Å². The summed E-state index contributed by atoms with van der Waals surface area (Å²) >= 11 is 0. The van der Waals surface area contributed by atoms with E-state index in [0.717, 1.165) is 55.6 Å². The molecule has 0 aliphatic carbocycles. The molecule has 0 amide bonds. The van der Waals surface area contributed by atoms with E-state index in [1.807, 2.05) is 19.9 Å². The van der Waals surface area contributed by atoms with Crippen LogP contribution < -0.4 is 10.6 Å². The lowest BCUT2D eigenvalue weighted by Crippen LogP contribution is -2.51. The molecular weight excluding hydrogens is 433 g/mol. The summed E-state index contributed by atoms with van der Waals surface area (Å²) in [7, 11) is 0. The number of aryl methyl sites for hydroxylation is 2. The van der Waals surface area contributed by atoms with E-state index < -0.39 is 0 Å². The Morgan fingerprint density at radius 3 is 2.48 bits per heavy atom. The summed E-state index contributed by atoms with van der Waals surface area (Å²) in [6.07, 6.45) is 4.32. The molecule has 136 valence electrons. The quantitative estimate of drug-likeness (QED) is 0.421. The van der Waals surface area contributed by atoms with Crippen molar-refractivity contribution in [3.8, 4) is 0 Å². The zero-order chi connectivity index (χ0) is 16.9. The van der Waals surface area contributed by atoms with E-state index in [-0.39, 0.29) is 24.0 Å². The second kappa shape index (κ2) is 8.97. The van der Waals surface area contributed by atoms with E-state index in [1.54, 1.807) is 12.4 Å². The largest absolute Gasteiger partial charge is 0.370 e. The standard InChI is InChI=1S/C16H23N7O.HI/c1-12-14(13(2)24-21-12)4-7-18-15(17)22-8-10-23(11-9-22)16-19-5-3-6-20-16;/h3,5-6H,4,7-11H2,1-2H3,(H2,17,18);1H. The molecule has 8 nitrogen and oxygen atoms in total. The van der Waals surface area contributed by atoms with Crippen LogP contribution in [-0.2, 0) is 6.42 Å². The molecule has 1 saturated heterocycles. The third-order valence-corrected chi connectivity index (χ3v) is 4.26. The SMILES string of the molecule is Cc1noc(C)c1CCN=C(N)N1CCN(c2ncccn2)CC1.I. The van der Waals surface area contributed by atoms with Crippen LogP contribution in [0.1, 0.15) is 17.0 Å². The molecule has 1 aliphatic rings. The Bertz CT molecular complexity index is 676. The predicted molar refractivity (Wildman–Crippen MR) is 107 cm³/mol. The topological polar surface area (TPSA) is 96.7 Å². The van der Waals surface area contributed by atoms with Crippen molar-refractivity contribution in [3.05, 3.63) is 35.5 Å². The van der Waals surface area contributed by atoms with Crippen LogP contribution >= 0.6 is 24.0 Å². The summed E-state index contributed by atoms with van der Waals surface area (Å²) in [5.41, 5.74) is 8.19. The highest BCUT2D eigenvalue weighted by atomic mass is 127. The highest BCUT2D eigenvalue weighted by molar-refractivity contribution is 14.0. The van der Waals surface area contributed by atoms with Gasteiger partial charge in [-0.15, -0.1) is 24.0 Å². The van der Waals surface area contributed by atoms with Gasteiger partial charge in [-0.3, -0.25) is 4.99 Å². The van der Waals surface area contributed by atoms with Gasteiger partial charge >= 0.3 is 0 Å².